The molecule has 1 heterocycles. The molecular weight excluding hydrogens is 321 g/mol. The van der Waals surface area contributed by atoms with Crippen LogP contribution in [0.4, 0.5) is 10.3 Å². The number of fused-ring (bicyclic) bond motifs is 1. The lowest BCUT2D eigenvalue weighted by Gasteiger charge is -2.28. The SMILES string of the molecule is CCC1(Cn2c(N)nc3cc(F)c(Br)cc32)CCCC1. The second-order valence-corrected chi connectivity index (χ2v) is 6.73. The number of hydrogen-bond acceptors (Lipinski definition) is 2. The van der Waals surface area contributed by atoms with E-state index in [0.717, 1.165) is 18.5 Å². The fourth-order valence-electron chi connectivity index (χ4n) is 3.39. The van der Waals surface area contributed by atoms with E-state index in [1.54, 1.807) is 6.07 Å². The molecule has 1 aromatic heterocycles. The molecule has 3 rings (SSSR count). The summed E-state index contributed by atoms with van der Waals surface area (Å²) in [7, 11) is 0. The number of halogens is 2. The smallest absolute Gasteiger partial charge is 0.201 e. The number of hydrogen-bond donors (Lipinski definition) is 1. The lowest BCUT2D eigenvalue weighted by atomic mass is 9.83. The highest BCUT2D eigenvalue weighted by molar-refractivity contribution is 9.10. The Morgan fingerprint density at radius 1 is 1.40 bits per heavy atom. The summed E-state index contributed by atoms with van der Waals surface area (Å²) in [6.45, 7) is 3.13. The molecule has 5 heteroatoms. The van der Waals surface area contributed by atoms with Crippen LogP contribution in [0.2, 0.25) is 0 Å². The molecule has 1 saturated carbocycles. The summed E-state index contributed by atoms with van der Waals surface area (Å²) in [4.78, 5) is 4.30. The van der Waals surface area contributed by atoms with E-state index in [1.165, 1.54) is 31.7 Å². The largest absolute Gasteiger partial charge is 0.369 e. The van der Waals surface area contributed by atoms with Crippen LogP contribution in [0.15, 0.2) is 16.6 Å². The molecule has 1 fully saturated rings. The summed E-state index contributed by atoms with van der Waals surface area (Å²) in [6, 6.07) is 3.23. The number of anilines is 1. The van der Waals surface area contributed by atoms with E-state index in [0.29, 0.717) is 21.4 Å². The zero-order valence-corrected chi connectivity index (χ0v) is 13.2. The first-order valence-corrected chi connectivity index (χ1v) is 7.95. The number of benzene rings is 1. The van der Waals surface area contributed by atoms with Gasteiger partial charge < -0.3 is 10.3 Å². The van der Waals surface area contributed by atoms with E-state index in [4.69, 9.17) is 5.73 Å². The monoisotopic (exact) mass is 339 g/mol. The number of nitrogens with zero attached hydrogens (tertiary/aromatic N) is 2. The normalized spacial score (nSPS) is 17.9. The average Bonchev–Trinajstić information content (AvgIpc) is 2.99. The van der Waals surface area contributed by atoms with Crippen molar-refractivity contribution in [3.8, 4) is 0 Å². The standard InChI is InChI=1S/C15H19BrFN3/c1-2-15(5-3-4-6-15)9-20-13-7-10(16)11(17)8-12(13)19-14(20)18/h7-8H,2-6,9H2,1H3,(H2,18,19). The van der Waals surface area contributed by atoms with E-state index >= 15 is 0 Å². The maximum atomic E-state index is 13.6. The van der Waals surface area contributed by atoms with Gasteiger partial charge in [0, 0.05) is 12.6 Å². The molecule has 0 amide bonds. The Hall–Kier alpha value is -1.10. The van der Waals surface area contributed by atoms with Crippen molar-refractivity contribution in [3.05, 3.63) is 22.4 Å². The van der Waals surface area contributed by atoms with Crippen molar-refractivity contribution in [2.75, 3.05) is 5.73 Å². The topological polar surface area (TPSA) is 43.8 Å². The molecule has 20 heavy (non-hydrogen) atoms. The molecule has 0 aliphatic heterocycles. The third-order valence-electron chi connectivity index (χ3n) is 4.73. The predicted octanol–water partition coefficient (Wildman–Crippen LogP) is 4.49. The fraction of sp³-hybridized carbons (Fsp3) is 0.533. The predicted molar refractivity (Wildman–Crippen MR) is 83.0 cm³/mol. The van der Waals surface area contributed by atoms with Gasteiger partial charge in [-0.1, -0.05) is 19.8 Å². The van der Waals surface area contributed by atoms with Gasteiger partial charge in [0.25, 0.3) is 0 Å². The molecule has 1 aromatic carbocycles. The Labute approximate surface area is 126 Å². The quantitative estimate of drug-likeness (QED) is 0.895. The van der Waals surface area contributed by atoms with E-state index < -0.39 is 0 Å². The molecular formula is C15H19BrFN3. The second kappa shape index (κ2) is 5.02. The van der Waals surface area contributed by atoms with Gasteiger partial charge in [-0.3, -0.25) is 0 Å². The molecule has 1 aliphatic carbocycles. The van der Waals surface area contributed by atoms with E-state index in [2.05, 4.69) is 27.8 Å². The molecule has 2 N–H and O–H groups in total. The summed E-state index contributed by atoms with van der Waals surface area (Å²) >= 11 is 3.25. The van der Waals surface area contributed by atoms with Gasteiger partial charge in [0.15, 0.2) is 0 Å². The average molecular weight is 340 g/mol. The van der Waals surface area contributed by atoms with Crippen molar-refractivity contribution in [1.29, 1.82) is 0 Å². The van der Waals surface area contributed by atoms with Crippen molar-refractivity contribution in [3.63, 3.8) is 0 Å². The highest BCUT2D eigenvalue weighted by Gasteiger charge is 2.33. The van der Waals surface area contributed by atoms with Crippen molar-refractivity contribution in [2.45, 2.75) is 45.6 Å². The van der Waals surface area contributed by atoms with Crippen LogP contribution in [-0.4, -0.2) is 9.55 Å². The van der Waals surface area contributed by atoms with Crippen molar-refractivity contribution in [2.24, 2.45) is 5.41 Å². The molecule has 0 spiro atoms. The Bertz CT molecular complexity index is 644. The molecule has 0 unspecified atom stereocenters. The van der Waals surface area contributed by atoms with Crippen LogP contribution < -0.4 is 5.73 Å². The van der Waals surface area contributed by atoms with Crippen molar-refractivity contribution in [1.82, 2.24) is 9.55 Å². The molecule has 0 radical (unpaired) electrons. The summed E-state index contributed by atoms with van der Waals surface area (Å²) in [5.74, 6) is 0.186. The van der Waals surface area contributed by atoms with Gasteiger partial charge >= 0.3 is 0 Å². The first kappa shape index (κ1) is 13.9. The molecule has 2 aromatic rings. The van der Waals surface area contributed by atoms with Crippen LogP contribution in [0, 0.1) is 11.2 Å². The van der Waals surface area contributed by atoms with Gasteiger partial charge in [-0.2, -0.15) is 0 Å². The van der Waals surface area contributed by atoms with Crippen LogP contribution in [-0.2, 0) is 6.54 Å². The first-order valence-electron chi connectivity index (χ1n) is 7.15. The minimum atomic E-state index is -0.298. The van der Waals surface area contributed by atoms with Gasteiger partial charge in [-0.05, 0) is 46.7 Å². The maximum Gasteiger partial charge on any atom is 0.201 e. The van der Waals surface area contributed by atoms with Crippen LogP contribution in [0.5, 0.6) is 0 Å². The molecule has 0 saturated heterocycles. The minimum Gasteiger partial charge on any atom is -0.369 e. The third kappa shape index (κ3) is 2.22. The molecule has 108 valence electrons. The number of aromatic nitrogens is 2. The lowest BCUT2D eigenvalue weighted by molar-refractivity contribution is 0.242. The molecule has 0 bridgehead atoms. The Kier molecular flexibility index (Phi) is 3.48. The van der Waals surface area contributed by atoms with E-state index in [-0.39, 0.29) is 5.82 Å². The number of imidazole rings is 1. The highest BCUT2D eigenvalue weighted by Crippen LogP contribution is 2.43. The number of nitrogens with two attached hydrogens (primary N) is 1. The van der Waals surface area contributed by atoms with Gasteiger partial charge in [-0.25, -0.2) is 9.37 Å². The Morgan fingerprint density at radius 2 is 2.10 bits per heavy atom. The lowest BCUT2D eigenvalue weighted by Crippen LogP contribution is -2.23. The van der Waals surface area contributed by atoms with Crippen molar-refractivity contribution >= 4 is 32.9 Å². The zero-order chi connectivity index (χ0) is 14.3. The van der Waals surface area contributed by atoms with Gasteiger partial charge in [0.2, 0.25) is 5.95 Å². The second-order valence-electron chi connectivity index (χ2n) is 5.87. The number of nitrogen functional groups attached to an aromatic ring is 1. The number of rotatable bonds is 3. The Morgan fingerprint density at radius 3 is 2.75 bits per heavy atom. The summed E-state index contributed by atoms with van der Waals surface area (Å²) in [5, 5.41) is 0. The summed E-state index contributed by atoms with van der Waals surface area (Å²) in [6.07, 6.45) is 6.21. The van der Waals surface area contributed by atoms with E-state index in [9.17, 15) is 4.39 Å². The van der Waals surface area contributed by atoms with Crippen LogP contribution in [0.25, 0.3) is 11.0 Å². The third-order valence-corrected chi connectivity index (χ3v) is 5.34. The van der Waals surface area contributed by atoms with E-state index in [1.807, 2.05) is 4.57 Å². The zero-order valence-electron chi connectivity index (χ0n) is 11.6. The van der Waals surface area contributed by atoms with Crippen molar-refractivity contribution < 1.29 is 4.39 Å². The molecule has 1 aliphatic rings. The fourth-order valence-corrected chi connectivity index (χ4v) is 3.72. The molecule has 0 atom stereocenters. The van der Waals surface area contributed by atoms with Gasteiger partial charge in [-0.15, -0.1) is 0 Å². The summed E-state index contributed by atoms with van der Waals surface area (Å²) in [5.41, 5.74) is 7.93. The highest BCUT2D eigenvalue weighted by atomic mass is 79.9. The minimum absolute atomic E-state index is 0.298. The van der Waals surface area contributed by atoms with Crippen LogP contribution in [0.3, 0.4) is 0 Å². The maximum absolute atomic E-state index is 13.6. The first-order chi connectivity index (χ1) is 9.54. The van der Waals surface area contributed by atoms with Crippen LogP contribution in [0.1, 0.15) is 39.0 Å². The van der Waals surface area contributed by atoms with Gasteiger partial charge in [0.05, 0.1) is 15.5 Å². The van der Waals surface area contributed by atoms with Crippen LogP contribution >= 0.6 is 15.9 Å². The summed E-state index contributed by atoms with van der Waals surface area (Å²) < 4.78 is 16.1. The van der Waals surface area contributed by atoms with Gasteiger partial charge in [0.1, 0.15) is 5.82 Å². The molecule has 3 nitrogen and oxygen atoms in total. The Balaban J connectivity index is 2.06.